The molecule has 64 valence electrons. The lowest BCUT2D eigenvalue weighted by Crippen LogP contribution is -2.13. The summed E-state index contributed by atoms with van der Waals surface area (Å²) in [5, 5.41) is 2.24. The van der Waals surface area contributed by atoms with Gasteiger partial charge in [0.25, 0.3) is 0 Å². The first-order valence-corrected chi connectivity index (χ1v) is 5.36. The van der Waals surface area contributed by atoms with Crippen molar-refractivity contribution in [2.75, 3.05) is 5.88 Å². The molecule has 2 aliphatic rings. The zero-order chi connectivity index (χ0) is 8.67. The Morgan fingerprint density at radius 2 is 2.15 bits per heavy atom. The highest BCUT2D eigenvalue weighted by Crippen LogP contribution is 2.36. The number of benzene rings is 1. The summed E-state index contributed by atoms with van der Waals surface area (Å²) >= 11 is 1.86. The molecule has 13 heavy (non-hydrogen) atoms. The molecule has 0 atom stereocenters. The summed E-state index contributed by atoms with van der Waals surface area (Å²) in [5.41, 5.74) is 4.03. The third kappa shape index (κ3) is 1.02. The molecule has 0 bridgehead atoms. The van der Waals surface area contributed by atoms with Crippen LogP contribution in [-0.4, -0.2) is 10.8 Å². The van der Waals surface area contributed by atoms with E-state index in [9.17, 15) is 0 Å². The molecular weight excluding hydrogens is 178 g/mol. The average Bonchev–Trinajstić information content (AvgIpc) is 2.65. The summed E-state index contributed by atoms with van der Waals surface area (Å²) in [4.78, 5) is 2.28. The van der Waals surface area contributed by atoms with Crippen LogP contribution in [0.25, 0.3) is 11.8 Å². The second kappa shape index (κ2) is 2.67. The van der Waals surface area contributed by atoms with E-state index in [-0.39, 0.29) is 0 Å². The van der Waals surface area contributed by atoms with Crippen LogP contribution in [0.2, 0.25) is 0 Å². The monoisotopic (exact) mass is 187 g/mol. The van der Waals surface area contributed by atoms with Crippen LogP contribution < -0.4 is 0 Å². The Kier molecular flexibility index (Phi) is 1.49. The Balaban J connectivity index is 2.23. The standard InChI is InChI=1S/C11H9NS/c1-2-4-10-9(3-1)5-6-12-8-13-7-11(10)12/h1-7H,8H2. The molecule has 0 radical (unpaired) electrons. The molecule has 2 heteroatoms. The lowest BCUT2D eigenvalue weighted by atomic mass is 10.0. The van der Waals surface area contributed by atoms with Crippen molar-refractivity contribution in [2.24, 2.45) is 0 Å². The number of hydrogen-bond acceptors (Lipinski definition) is 2. The Bertz CT molecular complexity index is 406. The Labute approximate surface area is 81.7 Å². The quantitative estimate of drug-likeness (QED) is 0.614. The van der Waals surface area contributed by atoms with Gasteiger partial charge in [-0.05, 0) is 17.0 Å². The molecule has 0 unspecified atom stereocenters. The molecule has 1 aromatic carbocycles. The number of nitrogens with zero attached hydrogens (tertiary/aromatic N) is 1. The maximum Gasteiger partial charge on any atom is 0.0724 e. The van der Waals surface area contributed by atoms with E-state index in [1.165, 1.54) is 16.8 Å². The van der Waals surface area contributed by atoms with Crippen molar-refractivity contribution in [1.29, 1.82) is 0 Å². The molecule has 0 fully saturated rings. The van der Waals surface area contributed by atoms with Gasteiger partial charge in [-0.2, -0.15) is 0 Å². The first-order valence-electron chi connectivity index (χ1n) is 4.31. The van der Waals surface area contributed by atoms with E-state index in [4.69, 9.17) is 0 Å². The van der Waals surface area contributed by atoms with Crippen molar-refractivity contribution >= 4 is 23.5 Å². The third-order valence-electron chi connectivity index (χ3n) is 2.39. The fourth-order valence-electron chi connectivity index (χ4n) is 1.72. The highest BCUT2D eigenvalue weighted by Gasteiger charge is 2.19. The maximum atomic E-state index is 2.28. The zero-order valence-corrected chi connectivity index (χ0v) is 7.92. The molecule has 1 nitrogen and oxygen atoms in total. The van der Waals surface area contributed by atoms with E-state index in [2.05, 4.69) is 46.8 Å². The van der Waals surface area contributed by atoms with Crippen LogP contribution in [0, 0.1) is 0 Å². The van der Waals surface area contributed by atoms with Gasteiger partial charge in [0, 0.05) is 11.8 Å². The smallest absolute Gasteiger partial charge is 0.0724 e. The van der Waals surface area contributed by atoms with Gasteiger partial charge in [0.05, 0.1) is 11.6 Å². The molecule has 0 saturated heterocycles. The van der Waals surface area contributed by atoms with Crippen molar-refractivity contribution in [3.8, 4) is 0 Å². The van der Waals surface area contributed by atoms with E-state index in [1.54, 1.807) is 0 Å². The summed E-state index contributed by atoms with van der Waals surface area (Å²) in [7, 11) is 0. The second-order valence-electron chi connectivity index (χ2n) is 3.17. The largest absolute Gasteiger partial charge is 0.337 e. The van der Waals surface area contributed by atoms with Crippen LogP contribution in [-0.2, 0) is 0 Å². The van der Waals surface area contributed by atoms with Gasteiger partial charge in [-0.3, -0.25) is 0 Å². The number of hydrogen-bond donors (Lipinski definition) is 0. The van der Waals surface area contributed by atoms with E-state index in [1.807, 2.05) is 11.8 Å². The first-order chi connectivity index (χ1) is 6.45. The lowest BCUT2D eigenvalue weighted by Gasteiger charge is -2.22. The van der Waals surface area contributed by atoms with Gasteiger partial charge in [-0.15, -0.1) is 11.8 Å². The van der Waals surface area contributed by atoms with Crippen LogP contribution in [0.5, 0.6) is 0 Å². The topological polar surface area (TPSA) is 3.24 Å². The summed E-state index contributed by atoms with van der Waals surface area (Å²) in [5.74, 6) is 1.06. The van der Waals surface area contributed by atoms with Crippen molar-refractivity contribution in [2.45, 2.75) is 0 Å². The van der Waals surface area contributed by atoms with Gasteiger partial charge in [0.15, 0.2) is 0 Å². The van der Waals surface area contributed by atoms with Crippen molar-refractivity contribution in [3.05, 3.63) is 47.0 Å². The maximum absolute atomic E-state index is 2.28. The van der Waals surface area contributed by atoms with Crippen molar-refractivity contribution < 1.29 is 0 Å². The van der Waals surface area contributed by atoms with Crippen LogP contribution in [0.15, 0.2) is 35.9 Å². The molecular formula is C11H9NS. The van der Waals surface area contributed by atoms with Crippen LogP contribution in [0.3, 0.4) is 0 Å². The third-order valence-corrected chi connectivity index (χ3v) is 3.21. The molecule has 1 aromatic rings. The van der Waals surface area contributed by atoms with Gasteiger partial charge < -0.3 is 4.90 Å². The molecule has 2 aliphatic heterocycles. The van der Waals surface area contributed by atoms with Gasteiger partial charge in [0.2, 0.25) is 0 Å². The van der Waals surface area contributed by atoms with E-state index in [0.717, 1.165) is 5.88 Å². The van der Waals surface area contributed by atoms with E-state index in [0.29, 0.717) is 0 Å². The average molecular weight is 187 g/mol. The highest BCUT2D eigenvalue weighted by molar-refractivity contribution is 8.02. The van der Waals surface area contributed by atoms with Crippen molar-refractivity contribution in [1.82, 2.24) is 4.90 Å². The first kappa shape index (κ1) is 7.27. The Morgan fingerprint density at radius 3 is 3.15 bits per heavy atom. The summed E-state index contributed by atoms with van der Waals surface area (Å²) in [6.45, 7) is 0. The Morgan fingerprint density at radius 1 is 1.23 bits per heavy atom. The van der Waals surface area contributed by atoms with Crippen LogP contribution in [0.4, 0.5) is 0 Å². The summed E-state index contributed by atoms with van der Waals surface area (Å²) < 4.78 is 0. The molecule has 3 rings (SSSR count). The van der Waals surface area contributed by atoms with Gasteiger partial charge in [0.1, 0.15) is 0 Å². The minimum Gasteiger partial charge on any atom is -0.337 e. The van der Waals surface area contributed by atoms with E-state index >= 15 is 0 Å². The van der Waals surface area contributed by atoms with Gasteiger partial charge in [-0.1, -0.05) is 24.3 Å². The zero-order valence-electron chi connectivity index (χ0n) is 7.10. The van der Waals surface area contributed by atoms with Crippen LogP contribution in [0.1, 0.15) is 11.1 Å². The molecule has 0 aliphatic carbocycles. The molecule has 0 spiro atoms. The highest BCUT2D eigenvalue weighted by atomic mass is 32.2. The van der Waals surface area contributed by atoms with Crippen molar-refractivity contribution in [3.63, 3.8) is 0 Å². The summed E-state index contributed by atoms with van der Waals surface area (Å²) in [6, 6.07) is 8.53. The second-order valence-corrected chi connectivity index (χ2v) is 4.00. The SMILES string of the molecule is C1=CN2CSC=C2c2ccccc21. The number of rotatable bonds is 0. The van der Waals surface area contributed by atoms with Crippen LogP contribution >= 0.6 is 11.8 Å². The minimum absolute atomic E-state index is 1.06. The van der Waals surface area contributed by atoms with Gasteiger partial charge in [-0.25, -0.2) is 0 Å². The molecule has 0 saturated carbocycles. The molecule has 0 aromatic heterocycles. The van der Waals surface area contributed by atoms with Gasteiger partial charge >= 0.3 is 0 Å². The molecule has 0 amide bonds. The Hall–Kier alpha value is -1.15. The predicted octanol–water partition coefficient (Wildman–Crippen LogP) is 2.98. The fraction of sp³-hybridized carbons (Fsp3) is 0.0909. The number of thioether (sulfide) groups is 1. The summed E-state index contributed by atoms with van der Waals surface area (Å²) in [6.07, 6.45) is 4.34. The lowest BCUT2D eigenvalue weighted by molar-refractivity contribution is 0.640. The normalized spacial score (nSPS) is 18.2. The molecule has 0 N–H and O–H groups in total. The predicted molar refractivity (Wildman–Crippen MR) is 57.8 cm³/mol. The molecule has 2 heterocycles. The van der Waals surface area contributed by atoms with E-state index < -0.39 is 0 Å². The minimum atomic E-state index is 1.06. The fourth-order valence-corrected chi connectivity index (χ4v) is 2.60. The number of fused-ring (bicyclic) bond motifs is 3.